The van der Waals surface area contributed by atoms with Crippen LogP contribution in [0, 0.1) is 0 Å². The van der Waals surface area contributed by atoms with E-state index in [9.17, 15) is 23.8 Å². The highest BCUT2D eigenvalue weighted by atomic mass is 32.3. The van der Waals surface area contributed by atoms with Gasteiger partial charge in [0.1, 0.15) is 12.2 Å². The highest BCUT2D eigenvalue weighted by Gasteiger charge is 2.40. The van der Waals surface area contributed by atoms with Crippen LogP contribution in [0.1, 0.15) is 44.6 Å². The van der Waals surface area contributed by atoms with Gasteiger partial charge in [0, 0.05) is 18.5 Å². The number of hydrogen-bond acceptors (Lipinski definition) is 6. The fourth-order valence-corrected chi connectivity index (χ4v) is 5.28. The molecule has 26 heavy (non-hydrogen) atoms. The Hall–Kier alpha value is -2.03. The summed E-state index contributed by atoms with van der Waals surface area (Å²) in [6, 6.07) is 6.30. The summed E-state index contributed by atoms with van der Waals surface area (Å²) in [5.41, 5.74) is -0.0517. The van der Waals surface area contributed by atoms with Crippen LogP contribution in [-0.2, 0) is 9.59 Å². The lowest BCUT2D eigenvalue weighted by molar-refractivity contribution is -0.122. The number of carbonyl (C=O) groups excluding carboxylic acids is 2. The van der Waals surface area contributed by atoms with Crippen molar-refractivity contribution >= 4 is 28.2 Å². The lowest BCUT2D eigenvalue weighted by atomic mass is 9.95. The zero-order valence-corrected chi connectivity index (χ0v) is 15.5. The number of ketones is 1. The fourth-order valence-electron chi connectivity index (χ4n) is 3.55. The highest BCUT2D eigenvalue weighted by molar-refractivity contribution is 8.22. The first kappa shape index (κ1) is 18.8. The van der Waals surface area contributed by atoms with Gasteiger partial charge in [-0.2, -0.15) is 0 Å². The third-order valence-electron chi connectivity index (χ3n) is 4.81. The summed E-state index contributed by atoms with van der Waals surface area (Å²) >= 11 is 0. The van der Waals surface area contributed by atoms with Gasteiger partial charge in [-0.15, -0.1) is 0 Å². The van der Waals surface area contributed by atoms with Crippen molar-refractivity contribution < 1.29 is 23.8 Å². The Bertz CT molecular complexity index is 756. The van der Waals surface area contributed by atoms with E-state index in [0.717, 1.165) is 36.4 Å². The molecule has 1 aromatic carbocycles. The number of nitrogens with zero attached hydrogens (tertiary/aromatic N) is 1. The predicted molar refractivity (Wildman–Crippen MR) is 99.5 cm³/mol. The summed E-state index contributed by atoms with van der Waals surface area (Å²) in [7, 11) is -3.61. The first-order valence-electron chi connectivity index (χ1n) is 8.71. The molecule has 1 amide bonds. The van der Waals surface area contributed by atoms with E-state index in [1.807, 2.05) is 0 Å². The van der Waals surface area contributed by atoms with E-state index < -0.39 is 29.0 Å². The number of rotatable bonds is 4. The van der Waals surface area contributed by atoms with Crippen molar-refractivity contribution in [2.24, 2.45) is 0 Å². The smallest absolute Gasteiger partial charge is 0.241 e. The van der Waals surface area contributed by atoms with Gasteiger partial charge in [-0.05, 0) is 25.0 Å². The van der Waals surface area contributed by atoms with Gasteiger partial charge in [0.05, 0.1) is 4.90 Å². The molecule has 1 aromatic rings. The van der Waals surface area contributed by atoms with Crippen LogP contribution in [0.5, 0.6) is 0 Å². The molecule has 1 aliphatic carbocycles. The number of amides is 1. The van der Waals surface area contributed by atoms with Crippen molar-refractivity contribution in [2.75, 3.05) is 6.54 Å². The molecule has 142 valence electrons. The molecule has 0 saturated heterocycles. The van der Waals surface area contributed by atoms with Crippen LogP contribution < -0.4 is 5.32 Å². The van der Waals surface area contributed by atoms with E-state index in [2.05, 4.69) is 5.32 Å². The molecule has 2 aliphatic rings. The van der Waals surface area contributed by atoms with E-state index in [1.165, 1.54) is 19.1 Å². The molecule has 0 bridgehead atoms. The largest absolute Gasteiger partial charge is 0.505 e. The van der Waals surface area contributed by atoms with Crippen LogP contribution in [0.15, 0.2) is 34.9 Å². The molecule has 0 spiro atoms. The van der Waals surface area contributed by atoms with E-state index in [-0.39, 0.29) is 28.0 Å². The van der Waals surface area contributed by atoms with Crippen molar-refractivity contribution in [3.63, 3.8) is 0 Å². The van der Waals surface area contributed by atoms with Crippen LogP contribution in [0.4, 0.5) is 0 Å². The molecule has 1 saturated carbocycles. The number of fused-ring (bicyclic) bond motifs is 1. The Morgan fingerprint density at radius 2 is 1.85 bits per heavy atom. The molecule has 1 heterocycles. The second-order valence-corrected chi connectivity index (χ2v) is 8.63. The van der Waals surface area contributed by atoms with Crippen LogP contribution >= 0.6 is 10.8 Å². The minimum atomic E-state index is -3.61. The number of Topliss-reactive ketones (excluding diaryl/α,β-unsaturated/α-hetero) is 1. The summed E-state index contributed by atoms with van der Waals surface area (Å²) in [5, 5.41) is 13.4. The quantitative estimate of drug-likeness (QED) is 0.638. The Kier molecular flexibility index (Phi) is 5.27. The van der Waals surface area contributed by atoms with Gasteiger partial charge in [-0.3, -0.25) is 23.0 Å². The van der Waals surface area contributed by atoms with Crippen molar-refractivity contribution in [2.45, 2.75) is 50.0 Å². The van der Waals surface area contributed by atoms with Crippen LogP contribution in [0.3, 0.4) is 0 Å². The SMILES string of the molecule is CC(=O)C1=C(O)c2ccccc2S(O)(O)N1CC(=O)NC1CCCCC1. The molecule has 3 rings (SSSR count). The van der Waals surface area contributed by atoms with Gasteiger partial charge < -0.3 is 10.4 Å². The summed E-state index contributed by atoms with van der Waals surface area (Å²) in [6.07, 6.45) is 5.05. The summed E-state index contributed by atoms with van der Waals surface area (Å²) < 4.78 is 22.5. The lowest BCUT2D eigenvalue weighted by Crippen LogP contribution is -2.45. The molecule has 1 fully saturated rings. The zero-order valence-electron chi connectivity index (χ0n) is 14.6. The third-order valence-corrected chi connectivity index (χ3v) is 6.68. The van der Waals surface area contributed by atoms with E-state index in [1.54, 1.807) is 12.1 Å². The number of aliphatic hydroxyl groups excluding tert-OH is 1. The maximum absolute atomic E-state index is 12.5. The Labute approximate surface area is 154 Å². The van der Waals surface area contributed by atoms with Gasteiger partial charge in [-0.25, -0.2) is 0 Å². The van der Waals surface area contributed by atoms with Gasteiger partial charge in [0.15, 0.2) is 11.5 Å². The van der Waals surface area contributed by atoms with Crippen molar-refractivity contribution in [1.82, 2.24) is 9.62 Å². The first-order valence-corrected chi connectivity index (χ1v) is 10.2. The lowest BCUT2D eigenvalue weighted by Gasteiger charge is -2.47. The van der Waals surface area contributed by atoms with Crippen molar-refractivity contribution in [3.8, 4) is 0 Å². The highest BCUT2D eigenvalue weighted by Crippen LogP contribution is 2.59. The minimum absolute atomic E-state index is 0.0634. The Balaban J connectivity index is 1.90. The molecule has 4 N–H and O–H groups in total. The predicted octanol–water partition coefficient (Wildman–Crippen LogP) is 3.29. The molecule has 0 atom stereocenters. The second kappa shape index (κ2) is 7.30. The van der Waals surface area contributed by atoms with E-state index >= 15 is 0 Å². The van der Waals surface area contributed by atoms with Gasteiger partial charge >= 0.3 is 0 Å². The maximum Gasteiger partial charge on any atom is 0.241 e. The van der Waals surface area contributed by atoms with Crippen LogP contribution in [0.25, 0.3) is 5.76 Å². The second-order valence-electron chi connectivity index (χ2n) is 6.71. The van der Waals surface area contributed by atoms with E-state index in [4.69, 9.17) is 0 Å². The average Bonchev–Trinajstić information content (AvgIpc) is 2.60. The summed E-state index contributed by atoms with van der Waals surface area (Å²) in [5.74, 6) is -1.28. The first-order chi connectivity index (χ1) is 12.3. The molecule has 7 nitrogen and oxygen atoms in total. The minimum Gasteiger partial charge on any atom is -0.505 e. The number of benzene rings is 1. The van der Waals surface area contributed by atoms with Gasteiger partial charge in [0.25, 0.3) is 0 Å². The number of nitrogens with one attached hydrogen (secondary N) is 1. The van der Waals surface area contributed by atoms with Gasteiger partial charge in [0.2, 0.25) is 5.91 Å². The molecular formula is C18H24N2O5S. The summed E-state index contributed by atoms with van der Waals surface area (Å²) in [6.45, 7) is 0.813. The Morgan fingerprint density at radius 3 is 2.50 bits per heavy atom. The maximum atomic E-state index is 12.5. The normalized spacial score (nSPS) is 21.1. The molecular weight excluding hydrogens is 356 g/mol. The molecule has 0 unspecified atom stereocenters. The molecule has 0 radical (unpaired) electrons. The fraction of sp³-hybridized carbons (Fsp3) is 0.444. The number of allylic oxidation sites excluding steroid dienone is 1. The molecule has 8 heteroatoms. The zero-order chi connectivity index (χ0) is 18.9. The van der Waals surface area contributed by atoms with Gasteiger partial charge in [-0.1, -0.05) is 42.2 Å². The molecule has 1 aliphatic heterocycles. The monoisotopic (exact) mass is 380 g/mol. The van der Waals surface area contributed by atoms with Crippen LogP contribution in [0.2, 0.25) is 0 Å². The number of hydrogen-bond donors (Lipinski definition) is 4. The molecule has 0 aromatic heterocycles. The third kappa shape index (κ3) is 3.44. The van der Waals surface area contributed by atoms with Crippen molar-refractivity contribution in [1.29, 1.82) is 0 Å². The van der Waals surface area contributed by atoms with Crippen molar-refractivity contribution in [3.05, 3.63) is 35.5 Å². The Morgan fingerprint density at radius 1 is 1.19 bits per heavy atom. The standard InChI is InChI=1S/C18H24N2O5S/c1-12(21)17-18(23)14-9-5-6-10-15(14)26(24,25)20(17)11-16(22)19-13-7-3-2-4-8-13/h5-6,9-10,13,23-25H,2-4,7-8,11H2,1H3,(H,19,22). The average molecular weight is 380 g/mol. The topological polar surface area (TPSA) is 110 Å². The number of carbonyl (C=O) groups is 2. The summed E-state index contributed by atoms with van der Waals surface area (Å²) in [4.78, 5) is 24.7. The number of aliphatic hydroxyl groups is 1. The van der Waals surface area contributed by atoms with E-state index in [0.29, 0.717) is 0 Å². The van der Waals surface area contributed by atoms with Crippen LogP contribution in [-0.4, -0.2) is 42.8 Å².